The molecule has 15 heavy (non-hydrogen) atoms. The Kier molecular flexibility index (Phi) is 4.74. The summed E-state index contributed by atoms with van der Waals surface area (Å²) in [6.45, 7) is 2.11. The van der Waals surface area contributed by atoms with Gasteiger partial charge in [0.25, 0.3) is 0 Å². The SMILES string of the molecule is COCC(NC(C)c1cccs1)C(=O)O. The van der Waals surface area contributed by atoms with Crippen LogP contribution in [0.3, 0.4) is 0 Å². The lowest BCUT2D eigenvalue weighted by Crippen LogP contribution is -2.41. The minimum absolute atomic E-state index is 0.0289. The number of carboxylic acids is 1. The zero-order valence-corrected chi connectivity index (χ0v) is 9.58. The monoisotopic (exact) mass is 229 g/mol. The molecule has 1 aromatic rings. The normalized spacial score (nSPS) is 14.8. The lowest BCUT2D eigenvalue weighted by molar-refractivity contribution is -0.141. The lowest BCUT2D eigenvalue weighted by Gasteiger charge is -2.18. The smallest absolute Gasteiger partial charge is 0.323 e. The highest BCUT2D eigenvalue weighted by Crippen LogP contribution is 2.18. The van der Waals surface area contributed by atoms with Gasteiger partial charge in [0.15, 0.2) is 0 Å². The molecular formula is C10H15NO3S. The third kappa shape index (κ3) is 3.62. The Balaban J connectivity index is 2.54. The number of thiophene rings is 1. The second-order valence-electron chi connectivity index (χ2n) is 3.25. The number of ether oxygens (including phenoxy) is 1. The van der Waals surface area contributed by atoms with Gasteiger partial charge in [-0.2, -0.15) is 0 Å². The molecule has 0 aliphatic carbocycles. The third-order valence-electron chi connectivity index (χ3n) is 2.05. The molecule has 0 saturated carbocycles. The number of carboxylic acid groups (broad SMARTS) is 1. The summed E-state index contributed by atoms with van der Waals surface area (Å²) in [6.07, 6.45) is 0. The first-order valence-electron chi connectivity index (χ1n) is 4.66. The Morgan fingerprint density at radius 2 is 2.47 bits per heavy atom. The summed E-state index contributed by atoms with van der Waals surface area (Å²) in [7, 11) is 1.49. The summed E-state index contributed by atoms with van der Waals surface area (Å²) in [4.78, 5) is 12.0. The predicted octanol–water partition coefficient (Wildman–Crippen LogP) is 1.50. The molecule has 1 aromatic heterocycles. The fourth-order valence-electron chi connectivity index (χ4n) is 1.28. The first-order chi connectivity index (χ1) is 7.15. The van der Waals surface area contributed by atoms with Crippen LogP contribution in [0.2, 0.25) is 0 Å². The molecular weight excluding hydrogens is 214 g/mol. The van der Waals surface area contributed by atoms with E-state index in [-0.39, 0.29) is 12.6 Å². The van der Waals surface area contributed by atoms with Crippen molar-refractivity contribution in [3.8, 4) is 0 Å². The van der Waals surface area contributed by atoms with E-state index in [0.717, 1.165) is 4.88 Å². The van der Waals surface area contributed by atoms with Crippen LogP contribution >= 0.6 is 11.3 Å². The molecule has 0 radical (unpaired) electrons. The van der Waals surface area contributed by atoms with Gasteiger partial charge in [-0.15, -0.1) is 11.3 Å². The van der Waals surface area contributed by atoms with Crippen molar-refractivity contribution in [2.75, 3.05) is 13.7 Å². The van der Waals surface area contributed by atoms with Gasteiger partial charge >= 0.3 is 5.97 Å². The highest BCUT2D eigenvalue weighted by molar-refractivity contribution is 7.10. The minimum Gasteiger partial charge on any atom is -0.480 e. The first-order valence-corrected chi connectivity index (χ1v) is 5.54. The highest BCUT2D eigenvalue weighted by atomic mass is 32.1. The van der Waals surface area contributed by atoms with E-state index in [1.165, 1.54) is 7.11 Å². The molecule has 1 heterocycles. The van der Waals surface area contributed by atoms with E-state index >= 15 is 0 Å². The molecule has 0 saturated heterocycles. The average molecular weight is 229 g/mol. The highest BCUT2D eigenvalue weighted by Gasteiger charge is 2.20. The number of carbonyl (C=O) groups is 1. The molecule has 0 aliphatic rings. The van der Waals surface area contributed by atoms with Crippen LogP contribution in [0.1, 0.15) is 17.8 Å². The van der Waals surface area contributed by atoms with Crippen LogP contribution in [0.5, 0.6) is 0 Å². The Bertz CT molecular complexity index is 300. The number of methoxy groups -OCH3 is 1. The Morgan fingerprint density at radius 1 is 1.73 bits per heavy atom. The standard InChI is InChI=1S/C10H15NO3S/c1-7(9-4-3-5-15-9)11-8(6-14-2)10(12)13/h3-5,7-8,11H,6H2,1-2H3,(H,12,13). The third-order valence-corrected chi connectivity index (χ3v) is 3.11. The molecule has 84 valence electrons. The van der Waals surface area contributed by atoms with E-state index in [4.69, 9.17) is 9.84 Å². The molecule has 0 amide bonds. The van der Waals surface area contributed by atoms with Crippen LogP contribution in [-0.4, -0.2) is 30.8 Å². The number of aliphatic carboxylic acids is 1. The van der Waals surface area contributed by atoms with E-state index in [0.29, 0.717) is 0 Å². The van der Waals surface area contributed by atoms with Crippen LogP contribution in [0.25, 0.3) is 0 Å². The van der Waals surface area contributed by atoms with Gasteiger partial charge in [0.05, 0.1) is 6.61 Å². The van der Waals surface area contributed by atoms with Crippen LogP contribution < -0.4 is 5.32 Å². The first kappa shape index (κ1) is 12.2. The van der Waals surface area contributed by atoms with E-state index in [2.05, 4.69) is 5.32 Å². The van der Waals surface area contributed by atoms with Crippen LogP contribution in [0, 0.1) is 0 Å². The van der Waals surface area contributed by atoms with Crippen molar-refractivity contribution in [1.82, 2.24) is 5.32 Å². The number of hydrogen-bond donors (Lipinski definition) is 2. The lowest BCUT2D eigenvalue weighted by atomic mass is 10.2. The van der Waals surface area contributed by atoms with Crippen molar-refractivity contribution in [1.29, 1.82) is 0 Å². The minimum atomic E-state index is -0.889. The molecule has 0 bridgehead atoms. The van der Waals surface area contributed by atoms with E-state index < -0.39 is 12.0 Å². The number of rotatable bonds is 6. The van der Waals surface area contributed by atoms with E-state index in [9.17, 15) is 4.79 Å². The Hall–Kier alpha value is -0.910. The zero-order valence-electron chi connectivity index (χ0n) is 8.77. The zero-order chi connectivity index (χ0) is 11.3. The quantitative estimate of drug-likeness (QED) is 0.776. The van der Waals surface area contributed by atoms with Crippen LogP contribution in [0.4, 0.5) is 0 Å². The molecule has 0 spiro atoms. The van der Waals surface area contributed by atoms with Crippen LogP contribution in [-0.2, 0) is 9.53 Å². The fourth-order valence-corrected chi connectivity index (χ4v) is 2.02. The Labute approximate surface area is 92.9 Å². The maximum absolute atomic E-state index is 10.9. The van der Waals surface area contributed by atoms with Gasteiger partial charge in [-0.25, -0.2) is 0 Å². The summed E-state index contributed by atoms with van der Waals surface area (Å²) >= 11 is 1.61. The van der Waals surface area contributed by atoms with Gasteiger partial charge in [-0.05, 0) is 18.4 Å². The largest absolute Gasteiger partial charge is 0.480 e. The summed E-state index contributed by atoms with van der Waals surface area (Å²) in [5.41, 5.74) is 0. The van der Waals surface area contributed by atoms with Crippen molar-refractivity contribution in [2.24, 2.45) is 0 Å². The number of hydrogen-bond acceptors (Lipinski definition) is 4. The molecule has 2 atom stereocenters. The summed E-state index contributed by atoms with van der Waals surface area (Å²) in [5.74, 6) is -0.889. The van der Waals surface area contributed by atoms with Crippen molar-refractivity contribution in [3.63, 3.8) is 0 Å². The molecule has 4 nitrogen and oxygen atoms in total. The second-order valence-corrected chi connectivity index (χ2v) is 4.23. The van der Waals surface area contributed by atoms with Crippen molar-refractivity contribution in [3.05, 3.63) is 22.4 Å². The molecule has 0 aliphatic heterocycles. The van der Waals surface area contributed by atoms with Gasteiger partial charge in [0, 0.05) is 18.0 Å². The summed E-state index contributed by atoms with van der Waals surface area (Å²) < 4.78 is 4.84. The predicted molar refractivity (Wildman–Crippen MR) is 59.2 cm³/mol. The van der Waals surface area contributed by atoms with Crippen molar-refractivity contribution >= 4 is 17.3 Å². The molecule has 0 fully saturated rings. The van der Waals surface area contributed by atoms with Gasteiger partial charge in [0.1, 0.15) is 6.04 Å². The molecule has 0 aromatic carbocycles. The summed E-state index contributed by atoms with van der Waals surface area (Å²) in [5, 5.41) is 13.9. The Morgan fingerprint density at radius 3 is 2.93 bits per heavy atom. The molecule has 1 rings (SSSR count). The van der Waals surface area contributed by atoms with Gasteiger partial charge in [-0.3, -0.25) is 10.1 Å². The molecule has 2 N–H and O–H groups in total. The maximum Gasteiger partial charge on any atom is 0.323 e. The van der Waals surface area contributed by atoms with E-state index in [1.54, 1.807) is 11.3 Å². The van der Waals surface area contributed by atoms with Gasteiger partial charge in [-0.1, -0.05) is 6.07 Å². The van der Waals surface area contributed by atoms with Gasteiger partial charge in [0.2, 0.25) is 0 Å². The maximum atomic E-state index is 10.9. The van der Waals surface area contributed by atoms with Gasteiger partial charge < -0.3 is 9.84 Å². The van der Waals surface area contributed by atoms with Crippen LogP contribution in [0.15, 0.2) is 17.5 Å². The topological polar surface area (TPSA) is 58.6 Å². The fraction of sp³-hybridized carbons (Fsp3) is 0.500. The second kappa shape index (κ2) is 5.85. The number of nitrogens with one attached hydrogen (secondary N) is 1. The van der Waals surface area contributed by atoms with Crippen molar-refractivity contribution < 1.29 is 14.6 Å². The molecule has 2 unspecified atom stereocenters. The summed E-state index contributed by atoms with van der Waals surface area (Å²) in [6, 6.07) is 3.30. The van der Waals surface area contributed by atoms with E-state index in [1.807, 2.05) is 24.4 Å². The molecule has 5 heteroatoms. The average Bonchev–Trinajstić information content (AvgIpc) is 2.69. The van der Waals surface area contributed by atoms with Crippen molar-refractivity contribution in [2.45, 2.75) is 19.0 Å².